The third kappa shape index (κ3) is 4.98. The van der Waals surface area contributed by atoms with E-state index in [1.54, 1.807) is 23.1 Å². The molecule has 2 unspecified atom stereocenters. The van der Waals surface area contributed by atoms with Crippen molar-refractivity contribution >= 4 is 40.3 Å². The van der Waals surface area contributed by atoms with Crippen LogP contribution in [0.15, 0.2) is 55.1 Å². The quantitative estimate of drug-likeness (QED) is 0.339. The third-order valence-corrected chi connectivity index (χ3v) is 7.92. The molecule has 41 heavy (non-hydrogen) atoms. The van der Waals surface area contributed by atoms with E-state index in [9.17, 15) is 19.2 Å². The van der Waals surface area contributed by atoms with Gasteiger partial charge in [-0.2, -0.15) is 0 Å². The number of nitrogens with one attached hydrogen (secondary N) is 2. The summed E-state index contributed by atoms with van der Waals surface area (Å²) in [6.45, 7) is 5.26. The summed E-state index contributed by atoms with van der Waals surface area (Å²) in [4.78, 5) is 58.9. The Kier molecular flexibility index (Phi) is 7.06. The van der Waals surface area contributed by atoms with Crippen LogP contribution in [0, 0.1) is 0 Å². The Morgan fingerprint density at radius 3 is 2.68 bits per heavy atom. The van der Waals surface area contributed by atoms with Gasteiger partial charge in [0.05, 0.1) is 12.5 Å². The summed E-state index contributed by atoms with van der Waals surface area (Å²) >= 11 is 0. The summed E-state index contributed by atoms with van der Waals surface area (Å²) in [5.74, 6) is -1.44. The summed E-state index contributed by atoms with van der Waals surface area (Å²) in [7, 11) is 1.51. The van der Waals surface area contributed by atoms with Gasteiger partial charge in [0.2, 0.25) is 11.8 Å². The number of rotatable bonds is 7. The Morgan fingerprint density at radius 2 is 1.95 bits per heavy atom. The monoisotopic (exact) mass is 557 g/mol. The van der Waals surface area contributed by atoms with Gasteiger partial charge in [-0.25, -0.2) is 15.1 Å². The Hall–Kier alpha value is -4.48. The number of carbonyl (C=O) groups excluding carboxylic acids is 4. The fourth-order valence-electron chi connectivity index (χ4n) is 5.82. The molecule has 3 aliphatic heterocycles. The maximum Gasteiger partial charge on any atom is 0.326 e. The maximum atomic E-state index is 13.2. The van der Waals surface area contributed by atoms with Gasteiger partial charge < -0.3 is 19.5 Å². The number of nitrogens with zero attached hydrogens (tertiary/aromatic N) is 3. The molecule has 11 heteroatoms. The summed E-state index contributed by atoms with van der Waals surface area (Å²) in [6, 6.07) is 12.5. The van der Waals surface area contributed by atoms with E-state index in [0.717, 1.165) is 47.0 Å². The van der Waals surface area contributed by atoms with E-state index >= 15 is 0 Å². The van der Waals surface area contributed by atoms with E-state index in [2.05, 4.69) is 21.9 Å². The van der Waals surface area contributed by atoms with Gasteiger partial charge in [-0.05, 0) is 60.4 Å². The fraction of sp³-hybridized carbons (Fsp3) is 0.333. The van der Waals surface area contributed by atoms with Gasteiger partial charge in [-0.15, -0.1) is 0 Å². The van der Waals surface area contributed by atoms with Gasteiger partial charge in [0.25, 0.3) is 5.91 Å². The molecule has 2 fully saturated rings. The van der Waals surface area contributed by atoms with Crippen molar-refractivity contribution in [1.29, 1.82) is 0 Å². The lowest BCUT2D eigenvalue weighted by atomic mass is 9.89. The number of carbonyl (C=O) groups is 4. The van der Waals surface area contributed by atoms with E-state index in [1.165, 1.54) is 18.0 Å². The van der Waals surface area contributed by atoms with Crippen molar-refractivity contribution in [2.75, 3.05) is 25.5 Å². The van der Waals surface area contributed by atoms with Crippen LogP contribution in [0.3, 0.4) is 0 Å². The van der Waals surface area contributed by atoms with Crippen molar-refractivity contribution in [3.8, 4) is 0 Å². The van der Waals surface area contributed by atoms with Crippen molar-refractivity contribution in [3.05, 3.63) is 77.5 Å². The van der Waals surface area contributed by atoms with Crippen LogP contribution < -0.4 is 10.8 Å². The average molecular weight is 558 g/mol. The lowest BCUT2D eigenvalue weighted by Gasteiger charge is -2.41. The fourth-order valence-corrected chi connectivity index (χ4v) is 5.82. The number of imide groups is 1. The van der Waals surface area contributed by atoms with Crippen LogP contribution in [0.1, 0.15) is 52.4 Å². The number of amides is 5. The molecular weight excluding hydrogens is 526 g/mol. The molecule has 0 aliphatic carbocycles. The van der Waals surface area contributed by atoms with Crippen LogP contribution in [-0.2, 0) is 32.3 Å². The van der Waals surface area contributed by atoms with Crippen molar-refractivity contribution in [2.45, 2.75) is 44.6 Å². The van der Waals surface area contributed by atoms with Crippen LogP contribution in [0.5, 0.6) is 0 Å². The minimum Gasteiger partial charge on any atom is -0.350 e. The minimum absolute atomic E-state index is 0.247. The zero-order valence-corrected chi connectivity index (χ0v) is 22.7. The highest BCUT2D eigenvalue weighted by Gasteiger charge is 2.44. The SMILES string of the molecule is C=CC(=O)Nc1ccc2c(c1)c1c(n2Cc2ccc(C(=O)NOC3CCCCO3)cc2)CN2CC1C(=O)N(C)C2=O. The molecule has 212 valence electrons. The second-order valence-electron chi connectivity index (χ2n) is 10.5. The molecule has 0 saturated carbocycles. The predicted molar refractivity (Wildman–Crippen MR) is 150 cm³/mol. The summed E-state index contributed by atoms with van der Waals surface area (Å²) in [5, 5.41) is 3.65. The minimum atomic E-state index is -0.505. The molecule has 1 aromatic heterocycles. The second kappa shape index (κ2) is 10.8. The van der Waals surface area contributed by atoms with Gasteiger partial charge in [0.1, 0.15) is 0 Å². The zero-order chi connectivity index (χ0) is 28.7. The topological polar surface area (TPSA) is 122 Å². The van der Waals surface area contributed by atoms with E-state index in [0.29, 0.717) is 37.5 Å². The van der Waals surface area contributed by atoms with Crippen LogP contribution in [0.4, 0.5) is 10.5 Å². The molecule has 11 nitrogen and oxygen atoms in total. The summed E-state index contributed by atoms with van der Waals surface area (Å²) in [6.07, 6.45) is 3.50. The number of anilines is 1. The molecule has 4 heterocycles. The molecule has 2 aromatic carbocycles. The van der Waals surface area contributed by atoms with Gasteiger partial charge in [-0.3, -0.25) is 19.3 Å². The molecule has 2 saturated heterocycles. The van der Waals surface area contributed by atoms with E-state index in [-0.39, 0.29) is 23.8 Å². The number of hydrogen-bond acceptors (Lipinski definition) is 6. The number of hydrogen-bond donors (Lipinski definition) is 2. The molecule has 0 spiro atoms. The number of hydroxylamine groups is 1. The average Bonchev–Trinajstić information content (AvgIpc) is 3.30. The van der Waals surface area contributed by atoms with Crippen LogP contribution >= 0.6 is 0 Å². The van der Waals surface area contributed by atoms with Gasteiger partial charge in [0, 0.05) is 61.0 Å². The Labute approximate surface area is 236 Å². The highest BCUT2D eigenvalue weighted by Crippen LogP contribution is 2.41. The normalized spacial score (nSPS) is 20.1. The van der Waals surface area contributed by atoms with E-state index in [4.69, 9.17) is 9.57 Å². The van der Waals surface area contributed by atoms with Crippen molar-refractivity contribution in [3.63, 3.8) is 0 Å². The van der Waals surface area contributed by atoms with Crippen molar-refractivity contribution in [1.82, 2.24) is 19.8 Å². The number of aromatic nitrogens is 1. The second-order valence-corrected chi connectivity index (χ2v) is 10.5. The molecule has 2 N–H and O–H groups in total. The number of benzene rings is 2. The Morgan fingerprint density at radius 1 is 1.15 bits per heavy atom. The molecular formula is C30H31N5O6. The smallest absolute Gasteiger partial charge is 0.326 e. The summed E-state index contributed by atoms with van der Waals surface area (Å²) < 4.78 is 7.59. The summed E-state index contributed by atoms with van der Waals surface area (Å²) in [5.41, 5.74) is 7.08. The van der Waals surface area contributed by atoms with Gasteiger partial charge in [0.15, 0.2) is 6.29 Å². The first kappa shape index (κ1) is 26.7. The predicted octanol–water partition coefficient (Wildman–Crippen LogP) is 3.49. The molecule has 3 aliphatic rings. The Balaban J connectivity index is 1.31. The first-order chi connectivity index (χ1) is 19.8. The van der Waals surface area contributed by atoms with E-state index < -0.39 is 12.2 Å². The largest absolute Gasteiger partial charge is 0.350 e. The van der Waals surface area contributed by atoms with Crippen LogP contribution in [0.25, 0.3) is 10.9 Å². The van der Waals surface area contributed by atoms with Crippen molar-refractivity contribution in [2.24, 2.45) is 0 Å². The van der Waals surface area contributed by atoms with Crippen LogP contribution in [0.2, 0.25) is 0 Å². The molecule has 2 bridgehead atoms. The van der Waals surface area contributed by atoms with E-state index in [1.807, 2.05) is 24.3 Å². The third-order valence-electron chi connectivity index (χ3n) is 7.92. The number of ether oxygens (including phenoxy) is 1. The number of fused-ring (bicyclic) bond motifs is 6. The van der Waals surface area contributed by atoms with Gasteiger partial charge in [-0.1, -0.05) is 18.7 Å². The molecule has 2 atom stereocenters. The van der Waals surface area contributed by atoms with Crippen LogP contribution in [-0.4, -0.2) is 64.6 Å². The maximum absolute atomic E-state index is 13.2. The Bertz CT molecular complexity index is 1560. The first-order valence-electron chi connectivity index (χ1n) is 13.7. The zero-order valence-electron chi connectivity index (χ0n) is 22.7. The molecule has 5 amide bonds. The molecule has 0 radical (unpaired) electrons. The van der Waals surface area contributed by atoms with Gasteiger partial charge >= 0.3 is 6.03 Å². The molecule has 6 rings (SSSR count). The standard InChI is InChI=1S/C30H31N5O6/c1-3-25(36)31-20-11-12-23-21(14-20)27-22-16-34(30(39)33(2)29(22)38)17-24(27)35(23)15-18-7-9-19(10-8-18)28(37)32-41-26-6-4-5-13-40-26/h3,7-12,14,22,26H,1,4-6,13,15-17H2,2H3,(H,31,36)(H,32,37). The lowest BCUT2D eigenvalue weighted by Crippen LogP contribution is -2.56. The van der Waals surface area contributed by atoms with Crippen molar-refractivity contribution < 1.29 is 28.8 Å². The lowest BCUT2D eigenvalue weighted by molar-refractivity contribution is -0.186. The highest BCUT2D eigenvalue weighted by atomic mass is 16.8. The number of likely N-dealkylation sites (N-methyl/N-ethyl adjacent to an activating group) is 1. The first-order valence-corrected chi connectivity index (χ1v) is 13.7. The highest BCUT2D eigenvalue weighted by molar-refractivity contribution is 6.05. The molecule has 3 aromatic rings. The number of urea groups is 1.